The molecule has 0 aliphatic carbocycles. The van der Waals surface area contributed by atoms with E-state index < -0.39 is 0 Å². The number of anilines is 2. The number of para-hydroxylation sites is 2. The van der Waals surface area contributed by atoms with Gasteiger partial charge in [0.05, 0.1) is 11.4 Å². The summed E-state index contributed by atoms with van der Waals surface area (Å²) in [6.07, 6.45) is 2.00. The fraction of sp³-hybridized carbons (Fsp3) is 0.0606. The van der Waals surface area contributed by atoms with Crippen molar-refractivity contribution in [1.82, 2.24) is 0 Å². The number of hydrogen-bond donors (Lipinski definition) is 1. The Labute approximate surface area is 207 Å². The molecule has 35 heavy (non-hydrogen) atoms. The highest BCUT2D eigenvalue weighted by molar-refractivity contribution is 5.99. The molecule has 2 heteroatoms. The van der Waals surface area contributed by atoms with Crippen LogP contribution in [0.15, 0.2) is 126 Å². The van der Waals surface area contributed by atoms with Gasteiger partial charge in [0.1, 0.15) is 0 Å². The first-order chi connectivity index (χ1) is 17.2. The van der Waals surface area contributed by atoms with Crippen LogP contribution in [0.5, 0.6) is 0 Å². The summed E-state index contributed by atoms with van der Waals surface area (Å²) in [4.78, 5) is 4.98. The molecule has 5 rings (SSSR count). The Bertz CT molecular complexity index is 1430. The van der Waals surface area contributed by atoms with Crippen molar-refractivity contribution in [3.8, 4) is 22.3 Å². The molecule has 0 saturated carbocycles. The van der Waals surface area contributed by atoms with Crippen LogP contribution in [0.3, 0.4) is 0 Å². The third-order valence-electron chi connectivity index (χ3n) is 6.18. The Morgan fingerprint density at radius 1 is 0.571 bits per heavy atom. The predicted molar refractivity (Wildman–Crippen MR) is 150 cm³/mol. The minimum Gasteiger partial charge on any atom is -0.354 e. The van der Waals surface area contributed by atoms with Gasteiger partial charge in [0.2, 0.25) is 0 Å². The van der Waals surface area contributed by atoms with E-state index in [1.54, 1.807) is 0 Å². The molecule has 0 radical (unpaired) electrons. The maximum absolute atomic E-state index is 4.98. The highest BCUT2D eigenvalue weighted by Gasteiger charge is 2.14. The van der Waals surface area contributed by atoms with Crippen molar-refractivity contribution in [3.05, 3.63) is 138 Å². The van der Waals surface area contributed by atoms with E-state index in [4.69, 9.17) is 4.99 Å². The summed E-state index contributed by atoms with van der Waals surface area (Å²) in [6, 6.07) is 42.2. The molecule has 0 bridgehead atoms. The monoisotopic (exact) mass is 452 g/mol. The standard InChI is InChI=1S/C33H28N2/c1-24-13-12-14-25(2)32(24)34-23-29-21-28(26-15-6-3-7-16-26)22-31(27-17-8-4-9-18-27)33(29)35-30-19-10-5-11-20-30/h3-23,35H,1-2H3. The van der Waals surface area contributed by atoms with Gasteiger partial charge in [0.25, 0.3) is 0 Å². The lowest BCUT2D eigenvalue weighted by Gasteiger charge is -2.18. The van der Waals surface area contributed by atoms with Gasteiger partial charge < -0.3 is 5.32 Å². The molecule has 0 aliphatic heterocycles. The number of aliphatic imine (C=N–C) groups is 1. The first-order valence-electron chi connectivity index (χ1n) is 11.9. The van der Waals surface area contributed by atoms with Crippen molar-refractivity contribution >= 4 is 23.3 Å². The van der Waals surface area contributed by atoms with Crippen LogP contribution in [0, 0.1) is 13.8 Å². The van der Waals surface area contributed by atoms with Crippen LogP contribution in [0.1, 0.15) is 16.7 Å². The van der Waals surface area contributed by atoms with Gasteiger partial charge in [0.15, 0.2) is 0 Å². The first-order valence-corrected chi connectivity index (χ1v) is 11.9. The lowest BCUT2D eigenvalue weighted by Crippen LogP contribution is -2.00. The molecule has 0 heterocycles. The summed E-state index contributed by atoms with van der Waals surface area (Å²) in [6.45, 7) is 4.22. The third kappa shape index (κ3) is 5.07. The minimum atomic E-state index is 1.02. The molecule has 0 atom stereocenters. The van der Waals surface area contributed by atoms with Crippen molar-refractivity contribution in [3.63, 3.8) is 0 Å². The highest BCUT2D eigenvalue weighted by atomic mass is 14.9. The quantitative estimate of drug-likeness (QED) is 0.255. The second-order valence-electron chi connectivity index (χ2n) is 8.71. The first kappa shape index (κ1) is 22.4. The average Bonchev–Trinajstić information content (AvgIpc) is 2.90. The van der Waals surface area contributed by atoms with Crippen LogP contribution >= 0.6 is 0 Å². The minimum absolute atomic E-state index is 1.02. The molecular formula is C33H28N2. The van der Waals surface area contributed by atoms with E-state index in [1.807, 2.05) is 24.4 Å². The zero-order chi connectivity index (χ0) is 24.0. The maximum Gasteiger partial charge on any atom is 0.0688 e. The van der Waals surface area contributed by atoms with E-state index in [-0.39, 0.29) is 0 Å². The lowest BCUT2D eigenvalue weighted by atomic mass is 9.94. The molecule has 0 spiro atoms. The smallest absolute Gasteiger partial charge is 0.0688 e. The second-order valence-corrected chi connectivity index (χ2v) is 8.71. The van der Waals surface area contributed by atoms with Crippen LogP contribution in [-0.4, -0.2) is 6.21 Å². The van der Waals surface area contributed by atoms with Crippen molar-refractivity contribution in [2.24, 2.45) is 4.99 Å². The van der Waals surface area contributed by atoms with E-state index >= 15 is 0 Å². The molecule has 0 saturated heterocycles. The zero-order valence-corrected chi connectivity index (χ0v) is 20.1. The molecule has 1 N–H and O–H groups in total. The van der Waals surface area contributed by atoms with E-state index in [2.05, 4.69) is 122 Å². The molecule has 2 nitrogen and oxygen atoms in total. The maximum atomic E-state index is 4.98. The van der Waals surface area contributed by atoms with E-state index in [0.29, 0.717) is 0 Å². The third-order valence-corrected chi connectivity index (χ3v) is 6.18. The number of benzene rings is 5. The van der Waals surface area contributed by atoms with Gasteiger partial charge in [0, 0.05) is 23.0 Å². The average molecular weight is 453 g/mol. The molecular weight excluding hydrogens is 424 g/mol. The van der Waals surface area contributed by atoms with Crippen molar-refractivity contribution in [2.45, 2.75) is 13.8 Å². The van der Waals surface area contributed by atoms with Crippen molar-refractivity contribution in [2.75, 3.05) is 5.32 Å². The highest BCUT2D eigenvalue weighted by Crippen LogP contribution is 2.37. The number of rotatable bonds is 6. The van der Waals surface area contributed by atoms with Crippen LogP contribution in [0.25, 0.3) is 22.3 Å². The van der Waals surface area contributed by atoms with E-state index in [1.165, 1.54) is 16.7 Å². The Morgan fingerprint density at radius 3 is 1.77 bits per heavy atom. The van der Waals surface area contributed by atoms with Gasteiger partial charge in [-0.05, 0) is 65.9 Å². The molecule has 5 aromatic rings. The van der Waals surface area contributed by atoms with E-state index in [0.717, 1.165) is 39.3 Å². The van der Waals surface area contributed by atoms with Gasteiger partial charge in [-0.2, -0.15) is 0 Å². The number of aryl methyl sites for hydroxylation is 2. The van der Waals surface area contributed by atoms with Crippen LogP contribution < -0.4 is 5.32 Å². The lowest BCUT2D eigenvalue weighted by molar-refractivity contribution is 1.33. The zero-order valence-electron chi connectivity index (χ0n) is 20.1. The van der Waals surface area contributed by atoms with Crippen LogP contribution in [0.2, 0.25) is 0 Å². The Kier molecular flexibility index (Phi) is 6.54. The number of nitrogens with zero attached hydrogens (tertiary/aromatic N) is 1. The van der Waals surface area contributed by atoms with Gasteiger partial charge in [-0.1, -0.05) is 97.1 Å². The second kappa shape index (κ2) is 10.2. The summed E-state index contributed by atoms with van der Waals surface area (Å²) in [5.74, 6) is 0. The van der Waals surface area contributed by atoms with Gasteiger partial charge >= 0.3 is 0 Å². The summed E-state index contributed by atoms with van der Waals surface area (Å²) in [5.41, 5.74) is 11.1. The molecule has 0 aromatic heterocycles. The Balaban J connectivity index is 1.74. The molecule has 0 amide bonds. The normalized spacial score (nSPS) is 11.0. The predicted octanol–water partition coefficient (Wildman–Crippen LogP) is 9.13. The number of nitrogens with one attached hydrogen (secondary N) is 1. The summed E-state index contributed by atoms with van der Waals surface area (Å²) in [5, 5.41) is 3.69. The van der Waals surface area contributed by atoms with Gasteiger partial charge in [-0.15, -0.1) is 0 Å². The van der Waals surface area contributed by atoms with Gasteiger partial charge in [-0.3, -0.25) is 4.99 Å². The molecule has 0 fully saturated rings. The van der Waals surface area contributed by atoms with Crippen LogP contribution in [0.4, 0.5) is 17.1 Å². The SMILES string of the molecule is Cc1cccc(C)c1N=Cc1cc(-c2ccccc2)cc(-c2ccccc2)c1Nc1ccccc1. The molecule has 0 unspecified atom stereocenters. The van der Waals surface area contributed by atoms with Gasteiger partial charge in [-0.25, -0.2) is 0 Å². The topological polar surface area (TPSA) is 24.4 Å². The summed E-state index contributed by atoms with van der Waals surface area (Å²) in [7, 11) is 0. The summed E-state index contributed by atoms with van der Waals surface area (Å²) < 4.78 is 0. The van der Waals surface area contributed by atoms with Crippen molar-refractivity contribution in [1.29, 1.82) is 0 Å². The fourth-order valence-electron chi connectivity index (χ4n) is 4.36. The fourth-order valence-corrected chi connectivity index (χ4v) is 4.36. The van der Waals surface area contributed by atoms with Crippen LogP contribution in [-0.2, 0) is 0 Å². The van der Waals surface area contributed by atoms with E-state index in [9.17, 15) is 0 Å². The Morgan fingerprint density at radius 2 is 1.14 bits per heavy atom. The molecule has 170 valence electrons. The number of hydrogen-bond acceptors (Lipinski definition) is 2. The molecule has 5 aromatic carbocycles. The van der Waals surface area contributed by atoms with Crippen molar-refractivity contribution < 1.29 is 0 Å². The largest absolute Gasteiger partial charge is 0.354 e. The molecule has 0 aliphatic rings. The Hall–Kier alpha value is -4.43. The summed E-state index contributed by atoms with van der Waals surface area (Å²) >= 11 is 0.